The molecule has 0 unspecified atom stereocenters. The van der Waals surface area contributed by atoms with Gasteiger partial charge in [-0.25, -0.2) is 14.8 Å². The monoisotopic (exact) mass is 327 g/mol. The summed E-state index contributed by atoms with van der Waals surface area (Å²) in [5.41, 5.74) is 6.72. The zero-order chi connectivity index (χ0) is 17.3. The summed E-state index contributed by atoms with van der Waals surface area (Å²) in [7, 11) is 1.61. The molecule has 8 nitrogen and oxygen atoms in total. The van der Waals surface area contributed by atoms with E-state index in [9.17, 15) is 9.59 Å². The first-order valence-corrected chi connectivity index (χ1v) is 7.39. The van der Waals surface area contributed by atoms with Crippen LogP contribution in [0.2, 0.25) is 0 Å². The number of amides is 1. The SMILES string of the molecule is COc1ccc(CCn2c(=O)[nH]c3c(C(N)=O)nc(C)nc32)cc1. The highest BCUT2D eigenvalue weighted by Gasteiger charge is 2.17. The van der Waals surface area contributed by atoms with E-state index in [0.717, 1.165) is 11.3 Å². The zero-order valence-electron chi connectivity index (χ0n) is 13.4. The third-order valence-electron chi connectivity index (χ3n) is 3.75. The van der Waals surface area contributed by atoms with E-state index in [1.807, 2.05) is 24.3 Å². The van der Waals surface area contributed by atoms with Gasteiger partial charge in [-0.2, -0.15) is 0 Å². The molecule has 2 heterocycles. The number of aryl methyl sites for hydroxylation is 3. The van der Waals surface area contributed by atoms with Crippen LogP contribution >= 0.6 is 0 Å². The van der Waals surface area contributed by atoms with Crippen molar-refractivity contribution in [3.05, 3.63) is 51.8 Å². The van der Waals surface area contributed by atoms with Crippen LogP contribution in [0.15, 0.2) is 29.1 Å². The van der Waals surface area contributed by atoms with E-state index in [1.54, 1.807) is 14.0 Å². The molecule has 0 radical (unpaired) electrons. The first-order valence-electron chi connectivity index (χ1n) is 7.39. The molecule has 0 bridgehead atoms. The summed E-state index contributed by atoms with van der Waals surface area (Å²) in [5, 5.41) is 0. The lowest BCUT2D eigenvalue weighted by Crippen LogP contribution is -2.18. The average molecular weight is 327 g/mol. The van der Waals surface area contributed by atoms with Crippen LogP contribution in [0.3, 0.4) is 0 Å². The molecule has 0 aliphatic carbocycles. The maximum atomic E-state index is 12.2. The van der Waals surface area contributed by atoms with Crippen molar-refractivity contribution in [3.8, 4) is 5.75 Å². The lowest BCUT2D eigenvalue weighted by atomic mass is 10.1. The molecule has 3 N–H and O–H groups in total. The number of hydrogen-bond donors (Lipinski definition) is 2. The summed E-state index contributed by atoms with van der Waals surface area (Å²) in [5.74, 6) is 0.458. The van der Waals surface area contributed by atoms with Gasteiger partial charge >= 0.3 is 5.69 Å². The number of methoxy groups -OCH3 is 1. The number of benzene rings is 1. The van der Waals surface area contributed by atoms with Crippen LogP contribution in [-0.4, -0.2) is 32.5 Å². The molecule has 3 rings (SSSR count). The lowest BCUT2D eigenvalue weighted by Gasteiger charge is -2.06. The molecule has 0 spiro atoms. The van der Waals surface area contributed by atoms with E-state index in [0.29, 0.717) is 24.4 Å². The molecule has 0 atom stereocenters. The normalized spacial score (nSPS) is 10.9. The molecule has 1 amide bonds. The van der Waals surface area contributed by atoms with Crippen LogP contribution in [0.25, 0.3) is 11.2 Å². The maximum Gasteiger partial charge on any atom is 0.327 e. The van der Waals surface area contributed by atoms with Gasteiger partial charge in [-0.15, -0.1) is 0 Å². The second-order valence-corrected chi connectivity index (χ2v) is 5.36. The topological polar surface area (TPSA) is 116 Å². The highest BCUT2D eigenvalue weighted by molar-refractivity contribution is 6.01. The summed E-state index contributed by atoms with van der Waals surface area (Å²) in [4.78, 5) is 34.6. The predicted octanol–water partition coefficient (Wildman–Crippen LogP) is 0.778. The quantitative estimate of drug-likeness (QED) is 0.718. The van der Waals surface area contributed by atoms with Crippen molar-refractivity contribution in [2.75, 3.05) is 7.11 Å². The van der Waals surface area contributed by atoms with Gasteiger partial charge < -0.3 is 15.5 Å². The van der Waals surface area contributed by atoms with Gasteiger partial charge in [0.05, 0.1) is 7.11 Å². The van der Waals surface area contributed by atoms with Gasteiger partial charge in [-0.3, -0.25) is 9.36 Å². The minimum Gasteiger partial charge on any atom is -0.497 e. The van der Waals surface area contributed by atoms with E-state index in [2.05, 4.69) is 15.0 Å². The Morgan fingerprint density at radius 1 is 1.29 bits per heavy atom. The molecule has 0 aliphatic heterocycles. The summed E-state index contributed by atoms with van der Waals surface area (Å²) in [6, 6.07) is 7.61. The molecule has 1 aromatic carbocycles. The minimum absolute atomic E-state index is 0.0257. The number of nitrogens with one attached hydrogen (secondary N) is 1. The van der Waals surface area contributed by atoms with Crippen molar-refractivity contribution < 1.29 is 9.53 Å². The third-order valence-corrected chi connectivity index (χ3v) is 3.75. The Hall–Kier alpha value is -3.16. The Labute approximate surface area is 137 Å². The number of aromatic amines is 1. The first-order chi connectivity index (χ1) is 11.5. The van der Waals surface area contributed by atoms with Gasteiger partial charge in [-0.1, -0.05) is 12.1 Å². The van der Waals surface area contributed by atoms with E-state index < -0.39 is 5.91 Å². The molecule has 0 saturated heterocycles. The fraction of sp³-hybridized carbons (Fsp3) is 0.250. The standard InChI is InChI=1S/C16H17N5O3/c1-9-18-12(14(17)22)13-15(19-9)21(16(23)20-13)8-7-10-3-5-11(24-2)6-4-10/h3-6H,7-8H2,1-2H3,(H2,17,22)(H,20,23). The van der Waals surface area contributed by atoms with Gasteiger partial charge in [0, 0.05) is 6.54 Å². The Morgan fingerprint density at radius 3 is 2.62 bits per heavy atom. The van der Waals surface area contributed by atoms with Crippen LogP contribution in [0.4, 0.5) is 0 Å². The number of H-pyrrole nitrogens is 1. The van der Waals surface area contributed by atoms with Crippen molar-refractivity contribution in [3.63, 3.8) is 0 Å². The molecule has 2 aromatic heterocycles. The smallest absolute Gasteiger partial charge is 0.327 e. The molecule has 24 heavy (non-hydrogen) atoms. The fourth-order valence-corrected chi connectivity index (χ4v) is 2.56. The number of fused-ring (bicyclic) bond motifs is 1. The van der Waals surface area contributed by atoms with Crippen molar-refractivity contribution in [1.82, 2.24) is 19.5 Å². The maximum absolute atomic E-state index is 12.2. The fourth-order valence-electron chi connectivity index (χ4n) is 2.56. The lowest BCUT2D eigenvalue weighted by molar-refractivity contribution is 0.0997. The Bertz CT molecular complexity index is 956. The van der Waals surface area contributed by atoms with E-state index in [1.165, 1.54) is 4.57 Å². The van der Waals surface area contributed by atoms with Crippen LogP contribution in [0.5, 0.6) is 5.75 Å². The molecule has 124 valence electrons. The van der Waals surface area contributed by atoms with Gasteiger partial charge in [0.2, 0.25) is 0 Å². The first kappa shape index (κ1) is 15.7. The summed E-state index contributed by atoms with van der Waals surface area (Å²) in [6.45, 7) is 2.07. The molecular formula is C16H17N5O3. The second kappa shape index (κ2) is 6.15. The third kappa shape index (κ3) is 2.85. The van der Waals surface area contributed by atoms with Crippen molar-refractivity contribution in [1.29, 1.82) is 0 Å². The molecule has 0 fully saturated rings. The highest BCUT2D eigenvalue weighted by Crippen LogP contribution is 2.15. The van der Waals surface area contributed by atoms with E-state index in [4.69, 9.17) is 10.5 Å². The van der Waals surface area contributed by atoms with Crippen LogP contribution < -0.4 is 16.2 Å². The minimum atomic E-state index is -0.700. The number of imidazole rings is 1. The number of carbonyl (C=O) groups excluding carboxylic acids is 1. The molecular weight excluding hydrogens is 310 g/mol. The van der Waals surface area contributed by atoms with Gasteiger partial charge in [-0.05, 0) is 31.0 Å². The van der Waals surface area contributed by atoms with Crippen molar-refractivity contribution >= 4 is 17.1 Å². The highest BCUT2D eigenvalue weighted by atomic mass is 16.5. The van der Waals surface area contributed by atoms with Crippen LogP contribution in [0, 0.1) is 6.92 Å². The van der Waals surface area contributed by atoms with Crippen molar-refractivity contribution in [2.24, 2.45) is 5.73 Å². The summed E-state index contributed by atoms with van der Waals surface area (Å²) < 4.78 is 6.61. The molecule has 3 aromatic rings. The largest absolute Gasteiger partial charge is 0.497 e. The Morgan fingerprint density at radius 2 is 2.00 bits per heavy atom. The number of aromatic nitrogens is 4. The molecule has 0 aliphatic rings. The molecule has 8 heteroatoms. The molecule has 0 saturated carbocycles. The Balaban J connectivity index is 1.95. The predicted molar refractivity (Wildman–Crippen MR) is 88.1 cm³/mol. The van der Waals surface area contributed by atoms with Crippen LogP contribution in [-0.2, 0) is 13.0 Å². The number of rotatable bonds is 5. The number of hydrogen-bond acceptors (Lipinski definition) is 5. The van der Waals surface area contributed by atoms with Gasteiger partial charge in [0.25, 0.3) is 5.91 Å². The average Bonchev–Trinajstić information content (AvgIpc) is 2.87. The Kier molecular flexibility index (Phi) is 4.03. The van der Waals surface area contributed by atoms with E-state index >= 15 is 0 Å². The van der Waals surface area contributed by atoms with Gasteiger partial charge in [0.1, 0.15) is 17.1 Å². The zero-order valence-corrected chi connectivity index (χ0v) is 13.4. The van der Waals surface area contributed by atoms with Gasteiger partial charge in [0.15, 0.2) is 11.3 Å². The number of ether oxygens (including phenoxy) is 1. The number of nitrogens with zero attached hydrogens (tertiary/aromatic N) is 3. The number of carbonyl (C=O) groups is 1. The number of nitrogens with two attached hydrogens (primary N) is 1. The summed E-state index contributed by atoms with van der Waals surface area (Å²) in [6.07, 6.45) is 0.631. The van der Waals surface area contributed by atoms with Crippen molar-refractivity contribution in [2.45, 2.75) is 19.9 Å². The second-order valence-electron chi connectivity index (χ2n) is 5.36. The van der Waals surface area contributed by atoms with Crippen LogP contribution in [0.1, 0.15) is 21.9 Å². The van der Waals surface area contributed by atoms with E-state index in [-0.39, 0.29) is 16.9 Å². The summed E-state index contributed by atoms with van der Waals surface area (Å²) >= 11 is 0. The number of primary amides is 1.